The van der Waals surface area contributed by atoms with Crippen molar-refractivity contribution in [1.29, 1.82) is 0 Å². The highest BCUT2D eigenvalue weighted by molar-refractivity contribution is 7.98. The van der Waals surface area contributed by atoms with E-state index in [0.717, 1.165) is 16.2 Å². The number of hydrogen-bond acceptors (Lipinski definition) is 4. The maximum Gasteiger partial charge on any atom is 0.410 e. The van der Waals surface area contributed by atoms with E-state index in [1.165, 1.54) is 11.3 Å². The van der Waals surface area contributed by atoms with Gasteiger partial charge < -0.3 is 5.11 Å². The van der Waals surface area contributed by atoms with Crippen LogP contribution in [-0.4, -0.2) is 22.4 Å². The lowest BCUT2D eigenvalue weighted by atomic mass is 10.2. The molecule has 2 rings (SSSR count). The molecule has 2 aromatic rings. The van der Waals surface area contributed by atoms with Gasteiger partial charge in [0.25, 0.3) is 0 Å². The van der Waals surface area contributed by atoms with E-state index in [0.29, 0.717) is 5.13 Å². The quantitative estimate of drug-likeness (QED) is 0.833. The van der Waals surface area contributed by atoms with Crippen molar-refractivity contribution in [2.24, 2.45) is 0 Å². The number of amides is 1. The summed E-state index contributed by atoms with van der Waals surface area (Å²) in [6.07, 6.45) is 0.908. The predicted molar refractivity (Wildman–Crippen MR) is 71.0 cm³/mol. The molecule has 1 amide bonds. The lowest BCUT2D eigenvalue weighted by Crippen LogP contribution is -2.06. The number of thioether (sulfide) groups is 1. The summed E-state index contributed by atoms with van der Waals surface area (Å²) in [6, 6.07) is 7.91. The van der Waals surface area contributed by atoms with Crippen LogP contribution >= 0.6 is 23.1 Å². The first-order valence-corrected chi connectivity index (χ1v) is 6.90. The molecule has 4 nitrogen and oxygen atoms in total. The van der Waals surface area contributed by atoms with E-state index in [4.69, 9.17) is 5.11 Å². The minimum Gasteiger partial charge on any atom is -0.465 e. The van der Waals surface area contributed by atoms with Gasteiger partial charge in [-0.05, 0) is 12.3 Å². The second kappa shape index (κ2) is 5.20. The molecule has 0 aliphatic rings. The Kier molecular flexibility index (Phi) is 3.65. The third kappa shape index (κ3) is 2.78. The van der Waals surface area contributed by atoms with E-state index in [-0.39, 0.29) is 0 Å². The summed E-state index contributed by atoms with van der Waals surface area (Å²) in [4.78, 5) is 15.9. The largest absolute Gasteiger partial charge is 0.465 e. The standard InChI is InChI=1S/C11H10N2O2S2/c1-16-9-5-3-2-4-7(9)8-6-17-10(12-8)13-11(14)15/h2-6H,1H3,(H,12,13)(H,14,15). The predicted octanol–water partition coefficient (Wildman–Crippen LogP) is 3.62. The highest BCUT2D eigenvalue weighted by Gasteiger charge is 2.09. The second-order valence-corrected chi connectivity index (χ2v) is 4.87. The maximum atomic E-state index is 10.5. The van der Waals surface area contributed by atoms with Crippen LogP contribution in [0.25, 0.3) is 11.3 Å². The first kappa shape index (κ1) is 11.9. The van der Waals surface area contributed by atoms with Crippen molar-refractivity contribution in [2.75, 3.05) is 11.6 Å². The monoisotopic (exact) mass is 266 g/mol. The van der Waals surface area contributed by atoms with Crippen molar-refractivity contribution in [2.45, 2.75) is 4.90 Å². The summed E-state index contributed by atoms with van der Waals surface area (Å²) >= 11 is 2.92. The summed E-state index contributed by atoms with van der Waals surface area (Å²) in [6.45, 7) is 0. The van der Waals surface area contributed by atoms with E-state index >= 15 is 0 Å². The van der Waals surface area contributed by atoms with Crippen LogP contribution in [-0.2, 0) is 0 Å². The van der Waals surface area contributed by atoms with Gasteiger partial charge in [-0.25, -0.2) is 9.78 Å². The summed E-state index contributed by atoms with van der Waals surface area (Å²) in [5.41, 5.74) is 1.82. The molecule has 0 fully saturated rings. The third-order valence-electron chi connectivity index (χ3n) is 2.10. The van der Waals surface area contributed by atoms with Crippen LogP contribution < -0.4 is 5.32 Å². The van der Waals surface area contributed by atoms with Crippen LogP contribution in [0, 0.1) is 0 Å². The van der Waals surface area contributed by atoms with Gasteiger partial charge in [0.1, 0.15) is 0 Å². The molecule has 1 aromatic heterocycles. The van der Waals surface area contributed by atoms with Gasteiger partial charge in [-0.1, -0.05) is 18.2 Å². The Bertz CT molecular complexity index is 540. The van der Waals surface area contributed by atoms with Crippen LogP contribution in [0.2, 0.25) is 0 Å². The summed E-state index contributed by atoms with van der Waals surface area (Å²) < 4.78 is 0. The molecule has 0 saturated heterocycles. The fourth-order valence-corrected chi connectivity index (χ4v) is 2.71. The van der Waals surface area contributed by atoms with E-state index in [1.807, 2.05) is 35.9 Å². The number of hydrogen-bond donors (Lipinski definition) is 2. The van der Waals surface area contributed by atoms with Gasteiger partial charge in [-0.2, -0.15) is 0 Å². The van der Waals surface area contributed by atoms with E-state index < -0.39 is 6.09 Å². The minimum atomic E-state index is -1.09. The van der Waals surface area contributed by atoms with Crippen LogP contribution in [0.4, 0.5) is 9.93 Å². The Hall–Kier alpha value is -1.53. The SMILES string of the molecule is CSc1ccccc1-c1csc(NC(=O)O)n1. The number of rotatable bonds is 3. The Morgan fingerprint density at radius 1 is 1.47 bits per heavy atom. The first-order valence-electron chi connectivity index (χ1n) is 4.79. The molecule has 6 heteroatoms. The zero-order valence-corrected chi connectivity index (χ0v) is 10.6. The van der Waals surface area contributed by atoms with Crippen molar-refractivity contribution < 1.29 is 9.90 Å². The number of carboxylic acid groups (broad SMARTS) is 1. The number of aromatic nitrogens is 1. The molecule has 1 heterocycles. The summed E-state index contributed by atoms with van der Waals surface area (Å²) in [5, 5.41) is 13.1. The lowest BCUT2D eigenvalue weighted by Gasteiger charge is -2.03. The van der Waals surface area contributed by atoms with Crippen LogP contribution in [0.3, 0.4) is 0 Å². The van der Waals surface area contributed by atoms with Crippen molar-refractivity contribution in [3.63, 3.8) is 0 Å². The smallest absolute Gasteiger partial charge is 0.410 e. The van der Waals surface area contributed by atoms with Gasteiger partial charge in [0.2, 0.25) is 0 Å². The molecule has 0 atom stereocenters. The average Bonchev–Trinajstić information content (AvgIpc) is 2.76. The van der Waals surface area contributed by atoms with Crippen LogP contribution in [0.1, 0.15) is 0 Å². The number of nitrogens with one attached hydrogen (secondary N) is 1. The van der Waals surface area contributed by atoms with Gasteiger partial charge in [-0.15, -0.1) is 23.1 Å². The number of benzene rings is 1. The van der Waals surface area contributed by atoms with Crippen LogP contribution in [0.15, 0.2) is 34.5 Å². The highest BCUT2D eigenvalue weighted by Crippen LogP contribution is 2.31. The fourth-order valence-electron chi connectivity index (χ4n) is 1.40. The molecule has 2 N–H and O–H groups in total. The van der Waals surface area contributed by atoms with Gasteiger partial charge >= 0.3 is 6.09 Å². The Balaban J connectivity index is 2.33. The second-order valence-electron chi connectivity index (χ2n) is 3.17. The molecule has 0 radical (unpaired) electrons. The molecule has 0 bridgehead atoms. The van der Waals surface area contributed by atoms with Crippen molar-refractivity contribution >= 4 is 34.3 Å². The fraction of sp³-hybridized carbons (Fsp3) is 0.0909. The van der Waals surface area contributed by atoms with E-state index in [9.17, 15) is 4.79 Å². The number of carbonyl (C=O) groups is 1. The maximum absolute atomic E-state index is 10.5. The number of nitrogens with zero attached hydrogens (tertiary/aromatic N) is 1. The van der Waals surface area contributed by atoms with Crippen molar-refractivity contribution in [3.05, 3.63) is 29.6 Å². The molecule has 17 heavy (non-hydrogen) atoms. The van der Waals surface area contributed by atoms with Crippen molar-refractivity contribution in [3.8, 4) is 11.3 Å². The topological polar surface area (TPSA) is 62.2 Å². The minimum absolute atomic E-state index is 0.392. The van der Waals surface area contributed by atoms with E-state index in [2.05, 4.69) is 10.3 Å². The third-order valence-corrected chi connectivity index (χ3v) is 3.65. The van der Waals surface area contributed by atoms with Crippen LogP contribution in [0.5, 0.6) is 0 Å². The van der Waals surface area contributed by atoms with Gasteiger partial charge in [0.15, 0.2) is 5.13 Å². The molecular weight excluding hydrogens is 256 g/mol. The Morgan fingerprint density at radius 2 is 2.24 bits per heavy atom. The number of thiazole rings is 1. The van der Waals surface area contributed by atoms with Crippen molar-refractivity contribution in [1.82, 2.24) is 4.98 Å². The molecule has 1 aromatic carbocycles. The molecule has 0 saturated carbocycles. The zero-order valence-electron chi connectivity index (χ0n) is 9.01. The lowest BCUT2D eigenvalue weighted by molar-refractivity contribution is 0.209. The normalized spacial score (nSPS) is 10.2. The summed E-state index contributed by atoms with van der Waals surface area (Å²) in [5.74, 6) is 0. The molecule has 88 valence electrons. The highest BCUT2D eigenvalue weighted by atomic mass is 32.2. The first-order chi connectivity index (χ1) is 8.20. The molecular formula is C11H10N2O2S2. The molecule has 0 unspecified atom stereocenters. The Morgan fingerprint density at radius 3 is 2.94 bits per heavy atom. The van der Waals surface area contributed by atoms with E-state index in [1.54, 1.807) is 11.8 Å². The van der Waals surface area contributed by atoms with Gasteiger partial charge in [0.05, 0.1) is 5.69 Å². The molecule has 0 aliphatic heterocycles. The molecule has 0 aliphatic carbocycles. The zero-order chi connectivity index (χ0) is 12.3. The number of anilines is 1. The molecule has 0 spiro atoms. The summed E-state index contributed by atoms with van der Waals surface area (Å²) in [7, 11) is 0. The Labute approximate surface area is 107 Å². The van der Waals surface area contributed by atoms with Gasteiger partial charge in [0, 0.05) is 15.8 Å². The average molecular weight is 266 g/mol. The van der Waals surface area contributed by atoms with Gasteiger partial charge in [-0.3, -0.25) is 5.32 Å².